The minimum absolute atomic E-state index is 0.491. The molecule has 0 radical (unpaired) electrons. The van der Waals surface area contributed by atoms with Gasteiger partial charge in [0.1, 0.15) is 0 Å². The summed E-state index contributed by atoms with van der Waals surface area (Å²) in [6.07, 6.45) is 5.42. The zero-order valence-corrected chi connectivity index (χ0v) is 12.7. The molecule has 5 heteroatoms. The van der Waals surface area contributed by atoms with Crippen molar-refractivity contribution >= 4 is 11.5 Å². The lowest BCUT2D eigenvalue weighted by Crippen LogP contribution is -2.26. The van der Waals surface area contributed by atoms with Gasteiger partial charge < -0.3 is 0 Å². The fraction of sp³-hybridized carbons (Fsp3) is 0.111. The van der Waals surface area contributed by atoms with Crippen LogP contribution < -0.4 is 5.48 Å². The molecule has 23 heavy (non-hydrogen) atoms. The van der Waals surface area contributed by atoms with Crippen LogP contribution in [0.2, 0.25) is 0 Å². The van der Waals surface area contributed by atoms with Crippen LogP contribution in [0.15, 0.2) is 60.7 Å². The zero-order valence-electron chi connectivity index (χ0n) is 12.7. The maximum absolute atomic E-state index is 12.3. The van der Waals surface area contributed by atoms with Crippen LogP contribution in [0, 0.1) is 0 Å². The molecule has 0 spiro atoms. The normalized spacial score (nSPS) is 16.7. The van der Waals surface area contributed by atoms with Crippen LogP contribution in [-0.2, 0) is 4.79 Å². The summed E-state index contributed by atoms with van der Waals surface area (Å²) in [6.45, 7) is 5.72. The number of hydrogen-bond acceptors (Lipinski definition) is 3. The summed E-state index contributed by atoms with van der Waals surface area (Å²) in [6, 6.07) is 9.63. The van der Waals surface area contributed by atoms with E-state index in [1.165, 1.54) is 0 Å². The van der Waals surface area contributed by atoms with Crippen LogP contribution in [0.25, 0.3) is 16.8 Å². The van der Waals surface area contributed by atoms with Gasteiger partial charge in [-0.1, -0.05) is 55.1 Å². The number of H-pyrrole nitrogens is 1. The Morgan fingerprint density at radius 2 is 2.13 bits per heavy atom. The summed E-state index contributed by atoms with van der Waals surface area (Å²) in [4.78, 5) is 12.3. The Hall–Kier alpha value is -2.92. The van der Waals surface area contributed by atoms with Crippen molar-refractivity contribution < 1.29 is 10.0 Å². The van der Waals surface area contributed by atoms with Gasteiger partial charge in [-0.25, -0.2) is 5.48 Å². The molecule has 1 aliphatic carbocycles. The Kier molecular flexibility index (Phi) is 3.95. The average molecular weight is 307 g/mol. The molecule has 0 aliphatic heterocycles. The molecule has 2 aromatic rings. The lowest BCUT2D eigenvalue weighted by Gasteiger charge is -2.13. The number of nitrogens with zero attached hydrogens (tertiary/aromatic N) is 1. The first-order valence-electron chi connectivity index (χ1n) is 7.30. The highest BCUT2D eigenvalue weighted by Crippen LogP contribution is 2.46. The number of aromatic nitrogens is 2. The van der Waals surface area contributed by atoms with Gasteiger partial charge in [-0.3, -0.25) is 15.1 Å². The van der Waals surface area contributed by atoms with Crippen LogP contribution in [0.3, 0.4) is 0 Å². The van der Waals surface area contributed by atoms with Crippen molar-refractivity contribution in [1.82, 2.24) is 15.7 Å². The summed E-state index contributed by atoms with van der Waals surface area (Å²) in [7, 11) is 0. The van der Waals surface area contributed by atoms with E-state index in [0.29, 0.717) is 5.69 Å². The average Bonchev–Trinajstić information content (AvgIpc) is 3.13. The number of nitrogens with one attached hydrogen (secondary N) is 2. The van der Waals surface area contributed by atoms with E-state index in [1.54, 1.807) is 11.6 Å². The third-order valence-electron chi connectivity index (χ3n) is 3.95. The fourth-order valence-electron chi connectivity index (χ4n) is 3.03. The van der Waals surface area contributed by atoms with Crippen molar-refractivity contribution in [2.24, 2.45) is 0 Å². The molecule has 3 N–H and O–H groups in total. The van der Waals surface area contributed by atoms with E-state index in [0.717, 1.165) is 28.0 Å². The number of allylic oxidation sites excluding steroid dienone is 4. The van der Waals surface area contributed by atoms with E-state index in [-0.39, 0.29) is 0 Å². The number of rotatable bonds is 4. The number of hydrogen-bond donors (Lipinski definition) is 3. The molecule has 0 bridgehead atoms. The van der Waals surface area contributed by atoms with Crippen LogP contribution in [0.5, 0.6) is 0 Å². The van der Waals surface area contributed by atoms with Gasteiger partial charge in [-0.05, 0) is 12.5 Å². The molecule has 3 rings (SSSR count). The molecule has 1 aromatic carbocycles. The number of hydroxylamine groups is 1. The molecule has 1 aliphatic rings. The molecule has 116 valence electrons. The van der Waals surface area contributed by atoms with Crippen molar-refractivity contribution in [3.8, 4) is 11.3 Å². The highest BCUT2D eigenvalue weighted by atomic mass is 16.5. The smallest absolute Gasteiger partial charge is 0.255 e. The second-order valence-corrected chi connectivity index (χ2v) is 5.21. The third-order valence-corrected chi connectivity index (χ3v) is 3.95. The van der Waals surface area contributed by atoms with Crippen LogP contribution in [0.1, 0.15) is 24.1 Å². The van der Waals surface area contributed by atoms with Gasteiger partial charge in [0.15, 0.2) is 0 Å². The van der Waals surface area contributed by atoms with Crippen molar-refractivity contribution in [1.29, 1.82) is 0 Å². The first kappa shape index (κ1) is 15.0. The molecule has 0 saturated carbocycles. The van der Waals surface area contributed by atoms with Crippen LogP contribution >= 0.6 is 0 Å². The van der Waals surface area contributed by atoms with Gasteiger partial charge in [0.2, 0.25) is 0 Å². The quantitative estimate of drug-likeness (QED) is 0.599. The van der Waals surface area contributed by atoms with Gasteiger partial charge in [0.25, 0.3) is 5.91 Å². The number of carbonyl (C=O) groups is 1. The van der Waals surface area contributed by atoms with E-state index < -0.39 is 11.8 Å². The van der Waals surface area contributed by atoms with Gasteiger partial charge >= 0.3 is 0 Å². The van der Waals surface area contributed by atoms with Gasteiger partial charge in [-0.15, -0.1) is 0 Å². The molecule has 1 heterocycles. The maximum atomic E-state index is 12.3. The summed E-state index contributed by atoms with van der Waals surface area (Å²) >= 11 is 0. The molecule has 0 fully saturated rings. The van der Waals surface area contributed by atoms with Gasteiger partial charge in [-0.2, -0.15) is 5.10 Å². The Morgan fingerprint density at radius 3 is 2.74 bits per heavy atom. The molecular weight excluding hydrogens is 290 g/mol. The predicted molar refractivity (Wildman–Crippen MR) is 88.6 cm³/mol. The van der Waals surface area contributed by atoms with Gasteiger partial charge in [0, 0.05) is 16.7 Å². The lowest BCUT2D eigenvalue weighted by atomic mass is 9.92. The summed E-state index contributed by atoms with van der Waals surface area (Å²) < 4.78 is 0. The molecule has 1 unspecified atom stereocenters. The third kappa shape index (κ3) is 2.31. The largest absolute Gasteiger partial charge is 0.289 e. The van der Waals surface area contributed by atoms with E-state index in [1.807, 2.05) is 49.4 Å². The van der Waals surface area contributed by atoms with Crippen LogP contribution in [-0.4, -0.2) is 21.3 Å². The standard InChI is InChI=1S/C18H17N3O2/c1-3-8-13-12(4-2)17-15(14(13)18(22)21-23)16(19-20-17)11-9-6-5-7-10-11/h3-10,14,23H,2H2,1H3,(H,19,20)(H,21,22)/b8-3-. The molecule has 5 nitrogen and oxygen atoms in total. The van der Waals surface area contributed by atoms with E-state index in [9.17, 15) is 4.79 Å². The summed E-state index contributed by atoms with van der Waals surface area (Å²) in [5.74, 6) is -1.12. The van der Waals surface area contributed by atoms with Crippen molar-refractivity contribution in [3.63, 3.8) is 0 Å². The lowest BCUT2D eigenvalue weighted by molar-refractivity contribution is -0.129. The second kappa shape index (κ2) is 6.06. The maximum Gasteiger partial charge on any atom is 0.255 e. The molecule has 1 aromatic heterocycles. The van der Waals surface area contributed by atoms with Crippen molar-refractivity contribution in [3.05, 3.63) is 72.0 Å². The van der Waals surface area contributed by atoms with Crippen molar-refractivity contribution in [2.75, 3.05) is 0 Å². The van der Waals surface area contributed by atoms with E-state index in [2.05, 4.69) is 16.8 Å². The molecular formula is C18H17N3O2. The van der Waals surface area contributed by atoms with Crippen LogP contribution in [0.4, 0.5) is 0 Å². The highest BCUT2D eigenvalue weighted by Gasteiger charge is 2.38. The minimum atomic E-state index is -0.631. The zero-order chi connectivity index (χ0) is 16.4. The number of fused-ring (bicyclic) bond motifs is 1. The number of benzene rings is 1. The van der Waals surface area contributed by atoms with E-state index >= 15 is 0 Å². The Morgan fingerprint density at radius 1 is 1.39 bits per heavy atom. The predicted octanol–water partition coefficient (Wildman–Crippen LogP) is 3.20. The molecule has 1 atom stereocenters. The molecule has 0 saturated heterocycles. The number of amides is 1. The first-order valence-corrected chi connectivity index (χ1v) is 7.30. The fourth-order valence-corrected chi connectivity index (χ4v) is 3.03. The second-order valence-electron chi connectivity index (χ2n) is 5.21. The van der Waals surface area contributed by atoms with E-state index in [4.69, 9.17) is 5.21 Å². The Bertz CT molecular complexity index is 816. The van der Waals surface area contributed by atoms with Gasteiger partial charge in [0.05, 0.1) is 17.3 Å². The molecule has 1 amide bonds. The first-order chi connectivity index (χ1) is 11.2. The number of carbonyl (C=O) groups excluding carboxylic acids is 1. The highest BCUT2D eigenvalue weighted by molar-refractivity contribution is 6.00. The Balaban J connectivity index is 2.24. The van der Waals surface area contributed by atoms with Crippen molar-refractivity contribution in [2.45, 2.75) is 12.8 Å². The Labute approximate surface area is 134 Å². The topological polar surface area (TPSA) is 78.0 Å². The SMILES string of the molecule is C=CC1=C(/C=C\C)C(C(=O)NO)c2c(-c3ccccc3)n[nH]c21. The summed E-state index contributed by atoms with van der Waals surface area (Å²) in [5, 5.41) is 16.5. The monoisotopic (exact) mass is 307 g/mol. The minimum Gasteiger partial charge on any atom is -0.289 e. The number of aromatic amines is 1. The summed E-state index contributed by atoms with van der Waals surface area (Å²) in [5.41, 5.74) is 6.50.